The zero-order chi connectivity index (χ0) is 15.0. The Hall–Kier alpha value is -1.07. The summed E-state index contributed by atoms with van der Waals surface area (Å²) >= 11 is 0. The van der Waals surface area contributed by atoms with E-state index < -0.39 is 0 Å². The zero-order valence-electron chi connectivity index (χ0n) is 13.6. The van der Waals surface area contributed by atoms with Crippen LogP contribution in [0.25, 0.3) is 0 Å². The molecule has 0 saturated carbocycles. The van der Waals surface area contributed by atoms with Crippen LogP contribution in [0.4, 0.5) is 5.95 Å². The number of aromatic nitrogens is 2. The van der Waals surface area contributed by atoms with Crippen molar-refractivity contribution in [3.05, 3.63) is 11.9 Å². The third kappa shape index (κ3) is 5.92. The van der Waals surface area contributed by atoms with Crippen LogP contribution in [-0.4, -0.2) is 54.8 Å². The molecular formula is C15H30N4O. The van der Waals surface area contributed by atoms with Gasteiger partial charge in [0.2, 0.25) is 5.95 Å². The Morgan fingerprint density at radius 2 is 2.20 bits per heavy atom. The SMILES string of the molecule is CCOCCCNc1nc(C)cn1C(C)CCN(C)C. The molecule has 1 aromatic rings. The first-order valence-electron chi connectivity index (χ1n) is 7.56. The first-order chi connectivity index (χ1) is 9.54. The van der Waals surface area contributed by atoms with Crippen molar-refractivity contribution in [1.82, 2.24) is 14.5 Å². The van der Waals surface area contributed by atoms with Crippen molar-refractivity contribution in [3.63, 3.8) is 0 Å². The van der Waals surface area contributed by atoms with E-state index >= 15 is 0 Å². The molecule has 1 unspecified atom stereocenters. The predicted molar refractivity (Wildman–Crippen MR) is 84.4 cm³/mol. The van der Waals surface area contributed by atoms with Gasteiger partial charge in [0, 0.05) is 32.0 Å². The smallest absolute Gasteiger partial charge is 0.203 e. The van der Waals surface area contributed by atoms with Gasteiger partial charge in [-0.25, -0.2) is 4.98 Å². The number of aryl methyl sites for hydroxylation is 1. The van der Waals surface area contributed by atoms with Gasteiger partial charge in [-0.3, -0.25) is 0 Å². The number of imidazole rings is 1. The van der Waals surface area contributed by atoms with E-state index in [0.717, 1.165) is 50.8 Å². The summed E-state index contributed by atoms with van der Waals surface area (Å²) < 4.78 is 7.60. The second-order valence-electron chi connectivity index (χ2n) is 5.53. The van der Waals surface area contributed by atoms with Crippen LogP contribution >= 0.6 is 0 Å². The lowest BCUT2D eigenvalue weighted by molar-refractivity contribution is 0.147. The Morgan fingerprint density at radius 3 is 2.85 bits per heavy atom. The van der Waals surface area contributed by atoms with E-state index in [1.54, 1.807) is 0 Å². The van der Waals surface area contributed by atoms with Crippen LogP contribution in [0, 0.1) is 6.92 Å². The Kier molecular flexibility index (Phi) is 7.62. The van der Waals surface area contributed by atoms with Crippen LogP contribution in [0.3, 0.4) is 0 Å². The van der Waals surface area contributed by atoms with E-state index in [2.05, 4.69) is 47.0 Å². The van der Waals surface area contributed by atoms with Gasteiger partial charge in [0.25, 0.3) is 0 Å². The van der Waals surface area contributed by atoms with Crippen LogP contribution < -0.4 is 5.32 Å². The van der Waals surface area contributed by atoms with E-state index in [4.69, 9.17) is 4.74 Å². The molecule has 0 aromatic carbocycles. The van der Waals surface area contributed by atoms with Crippen molar-refractivity contribution in [2.24, 2.45) is 0 Å². The van der Waals surface area contributed by atoms with Gasteiger partial charge in [0.05, 0.1) is 5.69 Å². The summed E-state index contributed by atoms with van der Waals surface area (Å²) in [5.41, 5.74) is 1.06. The van der Waals surface area contributed by atoms with Crippen LogP contribution in [0.5, 0.6) is 0 Å². The number of nitrogens with zero attached hydrogens (tertiary/aromatic N) is 3. The lowest BCUT2D eigenvalue weighted by atomic mass is 10.2. The Balaban J connectivity index is 2.49. The van der Waals surface area contributed by atoms with Gasteiger partial charge in [-0.05, 0) is 54.3 Å². The fraction of sp³-hybridized carbons (Fsp3) is 0.800. The molecule has 0 aliphatic heterocycles. The van der Waals surface area contributed by atoms with E-state index in [1.807, 2.05) is 13.8 Å². The van der Waals surface area contributed by atoms with Crippen molar-refractivity contribution in [2.75, 3.05) is 45.7 Å². The third-order valence-corrected chi connectivity index (χ3v) is 3.27. The minimum atomic E-state index is 0.452. The maximum Gasteiger partial charge on any atom is 0.203 e. The summed E-state index contributed by atoms with van der Waals surface area (Å²) in [6.45, 7) is 9.89. The van der Waals surface area contributed by atoms with Gasteiger partial charge in [0.1, 0.15) is 0 Å². The summed E-state index contributed by atoms with van der Waals surface area (Å²) in [5.74, 6) is 0.977. The van der Waals surface area contributed by atoms with Gasteiger partial charge in [0.15, 0.2) is 0 Å². The standard InChI is InChI=1S/C15H30N4O/c1-6-20-11-7-9-16-15-17-13(2)12-19(15)14(3)8-10-18(4)5/h12,14H,6-11H2,1-5H3,(H,16,17). The number of nitrogens with one attached hydrogen (secondary N) is 1. The third-order valence-electron chi connectivity index (χ3n) is 3.27. The lowest BCUT2D eigenvalue weighted by Gasteiger charge is -2.19. The summed E-state index contributed by atoms with van der Waals surface area (Å²) in [6.07, 6.45) is 4.26. The maximum absolute atomic E-state index is 5.35. The number of hydrogen-bond acceptors (Lipinski definition) is 4. The van der Waals surface area contributed by atoms with E-state index in [0.29, 0.717) is 6.04 Å². The number of hydrogen-bond donors (Lipinski definition) is 1. The second kappa shape index (κ2) is 8.97. The monoisotopic (exact) mass is 282 g/mol. The van der Waals surface area contributed by atoms with Gasteiger partial charge >= 0.3 is 0 Å². The average molecular weight is 282 g/mol. The molecule has 0 amide bonds. The fourth-order valence-electron chi connectivity index (χ4n) is 2.09. The molecule has 0 aliphatic carbocycles. The maximum atomic E-state index is 5.35. The quantitative estimate of drug-likeness (QED) is 0.670. The van der Waals surface area contributed by atoms with Crippen molar-refractivity contribution >= 4 is 5.95 Å². The molecule has 20 heavy (non-hydrogen) atoms. The molecule has 5 heteroatoms. The predicted octanol–water partition coefficient (Wildman–Crippen LogP) is 2.54. The average Bonchev–Trinajstić information content (AvgIpc) is 2.77. The van der Waals surface area contributed by atoms with Gasteiger partial charge in [-0.2, -0.15) is 0 Å². The zero-order valence-corrected chi connectivity index (χ0v) is 13.6. The number of anilines is 1. The van der Waals surface area contributed by atoms with E-state index in [9.17, 15) is 0 Å². The molecule has 0 aliphatic rings. The molecule has 0 radical (unpaired) electrons. The van der Waals surface area contributed by atoms with Crippen molar-refractivity contribution in [3.8, 4) is 0 Å². The topological polar surface area (TPSA) is 42.3 Å². The molecule has 0 spiro atoms. The van der Waals surface area contributed by atoms with Gasteiger partial charge in [-0.1, -0.05) is 0 Å². The molecule has 5 nitrogen and oxygen atoms in total. The highest BCUT2D eigenvalue weighted by atomic mass is 16.5. The Morgan fingerprint density at radius 1 is 1.45 bits per heavy atom. The minimum Gasteiger partial charge on any atom is -0.382 e. The highest BCUT2D eigenvalue weighted by Crippen LogP contribution is 2.18. The molecule has 116 valence electrons. The molecule has 0 saturated heterocycles. The summed E-state index contributed by atoms with van der Waals surface area (Å²) in [4.78, 5) is 6.79. The molecule has 0 bridgehead atoms. The lowest BCUT2D eigenvalue weighted by Crippen LogP contribution is -2.19. The normalized spacial score (nSPS) is 12.9. The highest BCUT2D eigenvalue weighted by molar-refractivity contribution is 5.29. The van der Waals surface area contributed by atoms with Crippen LogP contribution in [0.15, 0.2) is 6.20 Å². The fourth-order valence-corrected chi connectivity index (χ4v) is 2.09. The molecule has 1 aromatic heterocycles. The second-order valence-corrected chi connectivity index (χ2v) is 5.53. The largest absolute Gasteiger partial charge is 0.382 e. The molecule has 1 heterocycles. The molecule has 1 rings (SSSR count). The van der Waals surface area contributed by atoms with Gasteiger partial charge < -0.3 is 19.5 Å². The molecular weight excluding hydrogens is 252 g/mol. The van der Waals surface area contributed by atoms with Crippen LogP contribution in [0.2, 0.25) is 0 Å². The summed E-state index contributed by atoms with van der Waals surface area (Å²) in [5, 5.41) is 3.42. The first-order valence-corrected chi connectivity index (χ1v) is 7.56. The Labute approximate surface area is 123 Å². The summed E-state index contributed by atoms with van der Waals surface area (Å²) in [6, 6.07) is 0.452. The molecule has 0 fully saturated rings. The van der Waals surface area contributed by atoms with Crippen molar-refractivity contribution in [2.45, 2.75) is 39.7 Å². The first kappa shape index (κ1) is 17.0. The van der Waals surface area contributed by atoms with Crippen LogP contribution in [-0.2, 0) is 4.74 Å². The van der Waals surface area contributed by atoms with E-state index in [-0.39, 0.29) is 0 Å². The van der Waals surface area contributed by atoms with Crippen molar-refractivity contribution < 1.29 is 4.74 Å². The summed E-state index contributed by atoms with van der Waals surface area (Å²) in [7, 11) is 4.22. The van der Waals surface area contributed by atoms with Gasteiger partial charge in [-0.15, -0.1) is 0 Å². The molecule has 1 atom stereocenters. The number of ether oxygens (including phenoxy) is 1. The van der Waals surface area contributed by atoms with Crippen LogP contribution in [0.1, 0.15) is 38.4 Å². The number of rotatable bonds is 10. The molecule has 1 N–H and O–H groups in total. The van der Waals surface area contributed by atoms with Crippen molar-refractivity contribution in [1.29, 1.82) is 0 Å². The minimum absolute atomic E-state index is 0.452. The van der Waals surface area contributed by atoms with E-state index in [1.165, 1.54) is 0 Å². The Bertz CT molecular complexity index is 376. The highest BCUT2D eigenvalue weighted by Gasteiger charge is 2.11.